The van der Waals surface area contributed by atoms with Gasteiger partial charge in [-0.25, -0.2) is 14.2 Å². The van der Waals surface area contributed by atoms with Gasteiger partial charge in [-0.05, 0) is 50.3 Å². The Hall–Kier alpha value is -2.98. The first-order valence-corrected chi connectivity index (χ1v) is 12.0. The second-order valence-electron chi connectivity index (χ2n) is 9.27. The molecule has 3 aromatic heterocycles. The molecule has 2 aliphatic rings. The Morgan fingerprint density at radius 1 is 1.15 bits per heavy atom. The minimum absolute atomic E-state index is 0.0725. The number of aliphatic hydroxyl groups excluding tert-OH is 1. The molecule has 34 heavy (non-hydrogen) atoms. The van der Waals surface area contributed by atoms with Gasteiger partial charge in [-0.1, -0.05) is 11.6 Å². The predicted molar refractivity (Wildman–Crippen MR) is 128 cm³/mol. The fraction of sp³-hybridized carbons (Fsp3) is 0.478. The van der Waals surface area contributed by atoms with E-state index in [9.17, 15) is 14.3 Å². The smallest absolute Gasteiger partial charge is 0.330 e. The lowest BCUT2D eigenvalue weighted by atomic mass is 9.93. The highest BCUT2D eigenvalue weighted by atomic mass is 35.5. The number of aryl methyl sites for hydroxylation is 1. The molecule has 9 nitrogen and oxygen atoms in total. The molecule has 1 aromatic carbocycles. The molecule has 4 heterocycles. The topological polar surface area (TPSA) is 94.0 Å². The zero-order chi connectivity index (χ0) is 23.6. The number of hydrogen-bond donors (Lipinski definition) is 1. The first-order valence-electron chi connectivity index (χ1n) is 11.6. The molecule has 0 radical (unpaired) electrons. The lowest BCUT2D eigenvalue weighted by Gasteiger charge is -2.26. The number of nitrogens with zero attached hydrogens (tertiary/aromatic N) is 7. The van der Waals surface area contributed by atoms with Crippen LogP contribution in [0.25, 0.3) is 28.1 Å². The average molecular weight is 486 g/mol. The summed E-state index contributed by atoms with van der Waals surface area (Å²) in [5.74, 6) is 0.892. The summed E-state index contributed by atoms with van der Waals surface area (Å²) in [5, 5.41) is 10.5. The third-order valence-electron chi connectivity index (χ3n) is 7.08. The fourth-order valence-electron chi connectivity index (χ4n) is 5.26. The third kappa shape index (κ3) is 3.39. The Labute approximate surface area is 199 Å². The normalized spacial score (nSPS) is 23.4. The number of aromatic nitrogens is 6. The number of imidazole rings is 2. The Morgan fingerprint density at radius 2 is 1.94 bits per heavy atom. The van der Waals surface area contributed by atoms with Crippen LogP contribution in [0.4, 0.5) is 10.2 Å². The van der Waals surface area contributed by atoms with Crippen molar-refractivity contribution >= 4 is 39.6 Å². The van der Waals surface area contributed by atoms with E-state index < -0.39 is 6.17 Å². The zero-order valence-electron chi connectivity index (χ0n) is 18.7. The number of alkyl halides is 1. The molecule has 1 saturated heterocycles. The highest BCUT2D eigenvalue weighted by molar-refractivity contribution is 6.31. The minimum atomic E-state index is -0.944. The van der Waals surface area contributed by atoms with E-state index >= 15 is 0 Å². The Bertz CT molecular complexity index is 1450. The standard InChI is InChI=1S/C23H25ClFN7O2/c1-29-19-20(30-9-8-14(25)11-30)27-22(31-12-26-17-7-2-13(24)10-18(17)31)28-21(19)32(23(29)34)15-3-5-16(33)6-4-15/h2,7,10,12,14-16,33H,3-6,8-9,11H2,1H3. The minimum Gasteiger partial charge on any atom is -0.393 e. The summed E-state index contributed by atoms with van der Waals surface area (Å²) in [6.07, 6.45) is 3.42. The van der Waals surface area contributed by atoms with Crippen LogP contribution in [0.3, 0.4) is 0 Å². The van der Waals surface area contributed by atoms with Crippen molar-refractivity contribution in [1.29, 1.82) is 0 Å². The molecule has 0 bridgehead atoms. The lowest BCUT2D eigenvalue weighted by Crippen LogP contribution is -2.30. The van der Waals surface area contributed by atoms with Crippen LogP contribution < -0.4 is 10.6 Å². The van der Waals surface area contributed by atoms with Gasteiger partial charge in [0, 0.05) is 24.7 Å². The van der Waals surface area contributed by atoms with Gasteiger partial charge in [-0.3, -0.25) is 13.7 Å². The van der Waals surface area contributed by atoms with Crippen LogP contribution in [-0.2, 0) is 7.05 Å². The molecular weight excluding hydrogens is 461 g/mol. The number of benzene rings is 1. The van der Waals surface area contributed by atoms with Gasteiger partial charge in [-0.15, -0.1) is 0 Å². The zero-order valence-corrected chi connectivity index (χ0v) is 19.5. The van der Waals surface area contributed by atoms with Crippen molar-refractivity contribution in [2.24, 2.45) is 7.05 Å². The number of anilines is 1. The molecule has 0 amide bonds. The van der Waals surface area contributed by atoms with Gasteiger partial charge in [-0.2, -0.15) is 9.97 Å². The van der Waals surface area contributed by atoms with E-state index in [0.717, 1.165) is 11.0 Å². The van der Waals surface area contributed by atoms with Crippen LogP contribution in [0.2, 0.25) is 5.02 Å². The van der Waals surface area contributed by atoms with Crippen molar-refractivity contribution in [3.05, 3.63) is 40.0 Å². The molecule has 1 aliphatic carbocycles. The fourth-order valence-corrected chi connectivity index (χ4v) is 5.43. The van der Waals surface area contributed by atoms with Gasteiger partial charge in [0.25, 0.3) is 0 Å². The van der Waals surface area contributed by atoms with Gasteiger partial charge in [0.1, 0.15) is 18.0 Å². The largest absolute Gasteiger partial charge is 0.393 e. The second-order valence-corrected chi connectivity index (χ2v) is 9.71. The number of hydrogen-bond acceptors (Lipinski definition) is 6. The highest BCUT2D eigenvalue weighted by Gasteiger charge is 2.31. The number of aliphatic hydroxyl groups is 1. The molecule has 1 aliphatic heterocycles. The van der Waals surface area contributed by atoms with Crippen molar-refractivity contribution in [2.75, 3.05) is 18.0 Å². The maximum absolute atomic E-state index is 14.2. The van der Waals surface area contributed by atoms with Crippen LogP contribution in [0.5, 0.6) is 0 Å². The Kier molecular flexibility index (Phi) is 5.11. The van der Waals surface area contributed by atoms with Crippen molar-refractivity contribution in [2.45, 2.75) is 50.4 Å². The summed E-state index contributed by atoms with van der Waals surface area (Å²) >= 11 is 6.24. The van der Waals surface area contributed by atoms with E-state index in [1.165, 1.54) is 0 Å². The second kappa shape index (κ2) is 8.06. The van der Waals surface area contributed by atoms with Crippen molar-refractivity contribution < 1.29 is 9.50 Å². The molecule has 1 saturated carbocycles. The van der Waals surface area contributed by atoms with Crippen molar-refractivity contribution in [1.82, 2.24) is 28.7 Å². The Morgan fingerprint density at radius 3 is 2.68 bits per heavy atom. The molecule has 6 rings (SSSR count). The van der Waals surface area contributed by atoms with Gasteiger partial charge >= 0.3 is 5.69 Å². The summed E-state index contributed by atoms with van der Waals surface area (Å²) in [7, 11) is 1.71. The van der Waals surface area contributed by atoms with Gasteiger partial charge in [0.15, 0.2) is 11.5 Å². The summed E-state index contributed by atoms with van der Waals surface area (Å²) in [4.78, 5) is 29.4. The molecule has 1 unspecified atom stereocenters. The van der Waals surface area contributed by atoms with E-state index in [4.69, 9.17) is 21.6 Å². The van der Waals surface area contributed by atoms with E-state index in [1.54, 1.807) is 39.2 Å². The van der Waals surface area contributed by atoms with E-state index in [1.807, 2.05) is 11.0 Å². The SMILES string of the molecule is Cn1c(=O)n(C2CCC(O)CC2)c2nc(-n3cnc4ccc(Cl)cc43)nc(N3CCC(F)C3)c21. The summed E-state index contributed by atoms with van der Waals surface area (Å²) in [5.41, 5.74) is 2.41. The van der Waals surface area contributed by atoms with Gasteiger partial charge < -0.3 is 10.0 Å². The summed E-state index contributed by atoms with van der Waals surface area (Å²) in [6, 6.07) is 5.32. The van der Waals surface area contributed by atoms with Crippen LogP contribution >= 0.6 is 11.6 Å². The molecule has 2 fully saturated rings. The number of fused-ring (bicyclic) bond motifs is 2. The first kappa shape index (κ1) is 21.5. The predicted octanol–water partition coefficient (Wildman–Crippen LogP) is 3.15. The van der Waals surface area contributed by atoms with Gasteiger partial charge in [0.05, 0.1) is 23.7 Å². The molecule has 11 heteroatoms. The van der Waals surface area contributed by atoms with Crippen molar-refractivity contribution in [3.8, 4) is 5.95 Å². The van der Waals surface area contributed by atoms with E-state index in [-0.39, 0.29) is 24.4 Å². The number of rotatable bonds is 3. The summed E-state index contributed by atoms with van der Waals surface area (Å²) < 4.78 is 19.2. The van der Waals surface area contributed by atoms with Crippen LogP contribution in [0, 0.1) is 0 Å². The molecule has 1 N–H and O–H groups in total. The third-order valence-corrected chi connectivity index (χ3v) is 7.31. The van der Waals surface area contributed by atoms with Crippen molar-refractivity contribution in [3.63, 3.8) is 0 Å². The quantitative estimate of drug-likeness (QED) is 0.479. The maximum Gasteiger partial charge on any atom is 0.330 e. The van der Waals surface area contributed by atoms with Crippen LogP contribution in [0.1, 0.15) is 38.1 Å². The lowest BCUT2D eigenvalue weighted by molar-refractivity contribution is 0.110. The molecule has 1 atom stereocenters. The average Bonchev–Trinajstić information content (AvgIpc) is 3.51. The molecule has 178 valence electrons. The van der Waals surface area contributed by atoms with Crippen LogP contribution in [-0.4, -0.2) is 59.1 Å². The maximum atomic E-state index is 14.2. The number of halogens is 2. The molecule has 0 spiro atoms. The molecular formula is C23H25ClFN7O2. The van der Waals surface area contributed by atoms with Crippen LogP contribution in [0.15, 0.2) is 29.3 Å². The van der Waals surface area contributed by atoms with E-state index in [2.05, 4.69) is 4.98 Å². The van der Waals surface area contributed by atoms with Gasteiger partial charge in [0.2, 0.25) is 5.95 Å². The first-order chi connectivity index (χ1) is 16.4. The highest BCUT2D eigenvalue weighted by Crippen LogP contribution is 2.34. The monoisotopic (exact) mass is 485 g/mol. The Balaban J connectivity index is 1.61. The summed E-state index contributed by atoms with van der Waals surface area (Å²) in [6.45, 7) is 0.731. The van der Waals surface area contributed by atoms with E-state index in [0.29, 0.717) is 66.6 Å². The molecule has 4 aromatic rings.